The number of oxime groups is 1. The molecule has 0 atom stereocenters. The molecule has 0 fully saturated rings. The summed E-state index contributed by atoms with van der Waals surface area (Å²) in [6.07, 6.45) is 0. The van der Waals surface area contributed by atoms with Gasteiger partial charge in [0.25, 0.3) is 0 Å². The van der Waals surface area contributed by atoms with Gasteiger partial charge in [-0.05, 0) is 25.1 Å². The molecule has 5 nitrogen and oxygen atoms in total. The maximum absolute atomic E-state index is 5.77. The predicted octanol–water partition coefficient (Wildman–Crippen LogP) is 1.36. The van der Waals surface area contributed by atoms with E-state index in [1.165, 1.54) is 0 Å². The highest BCUT2D eigenvalue weighted by Crippen LogP contribution is 2.23. The Hall–Kier alpha value is -1.91. The topological polar surface area (TPSA) is 66.1 Å². The molecule has 0 saturated heterocycles. The Kier molecular flexibility index (Phi) is 4.44. The normalized spacial score (nSPS) is 11.1. The molecule has 0 aliphatic rings. The summed E-state index contributed by atoms with van der Waals surface area (Å²) in [7, 11) is 3.15. The molecule has 5 heteroatoms. The molecule has 0 radical (unpaired) electrons. The molecule has 0 aliphatic heterocycles. The molecular weight excluding hydrogens is 208 g/mol. The molecule has 0 unspecified atom stereocenters. The zero-order valence-electron chi connectivity index (χ0n) is 9.69. The van der Waals surface area contributed by atoms with E-state index in [2.05, 4.69) is 5.16 Å². The van der Waals surface area contributed by atoms with Crippen LogP contribution in [0, 0.1) is 0 Å². The van der Waals surface area contributed by atoms with Crippen molar-refractivity contribution in [2.24, 2.45) is 10.9 Å². The van der Waals surface area contributed by atoms with Gasteiger partial charge in [-0.3, -0.25) is 0 Å². The maximum Gasteiger partial charge on any atom is 0.174 e. The van der Waals surface area contributed by atoms with Crippen molar-refractivity contribution in [1.29, 1.82) is 0 Å². The largest absolute Gasteiger partial charge is 0.497 e. The monoisotopic (exact) mass is 224 g/mol. The number of nitrogens with two attached hydrogens (primary N) is 1. The molecule has 0 spiro atoms. The van der Waals surface area contributed by atoms with Crippen molar-refractivity contribution in [3.8, 4) is 11.5 Å². The van der Waals surface area contributed by atoms with Gasteiger partial charge in [-0.1, -0.05) is 5.16 Å². The SMILES string of the molecule is CCO/N=C(\N)c1cc(OC)ccc1OC. The first-order chi connectivity index (χ1) is 7.72. The molecule has 0 amide bonds. The lowest BCUT2D eigenvalue weighted by Crippen LogP contribution is -2.15. The van der Waals surface area contributed by atoms with Crippen LogP contribution in [0.1, 0.15) is 12.5 Å². The molecule has 2 N–H and O–H groups in total. The Morgan fingerprint density at radius 2 is 2.06 bits per heavy atom. The standard InChI is InChI=1S/C11H16N2O3/c1-4-16-13-11(12)9-7-8(14-2)5-6-10(9)15-3/h5-7H,4H2,1-3H3,(H2,12,13). The van der Waals surface area contributed by atoms with Gasteiger partial charge in [0.05, 0.1) is 19.8 Å². The van der Waals surface area contributed by atoms with Gasteiger partial charge in [0.2, 0.25) is 0 Å². The fourth-order valence-electron chi connectivity index (χ4n) is 1.20. The van der Waals surface area contributed by atoms with Crippen LogP contribution in [0.5, 0.6) is 11.5 Å². The summed E-state index contributed by atoms with van der Waals surface area (Å²) in [5.74, 6) is 1.57. The number of amidine groups is 1. The number of hydrogen-bond acceptors (Lipinski definition) is 4. The lowest BCUT2D eigenvalue weighted by atomic mass is 10.1. The lowest BCUT2D eigenvalue weighted by Gasteiger charge is -2.09. The van der Waals surface area contributed by atoms with E-state index in [0.717, 1.165) is 0 Å². The first-order valence-electron chi connectivity index (χ1n) is 4.90. The molecule has 0 heterocycles. The number of methoxy groups -OCH3 is 2. The van der Waals surface area contributed by atoms with Crippen molar-refractivity contribution in [1.82, 2.24) is 0 Å². The molecule has 16 heavy (non-hydrogen) atoms. The molecule has 0 aromatic heterocycles. The molecule has 88 valence electrons. The van der Waals surface area contributed by atoms with Gasteiger partial charge in [-0.25, -0.2) is 0 Å². The zero-order valence-corrected chi connectivity index (χ0v) is 9.69. The van der Waals surface area contributed by atoms with Gasteiger partial charge >= 0.3 is 0 Å². The van der Waals surface area contributed by atoms with Crippen LogP contribution in [0.3, 0.4) is 0 Å². The Balaban J connectivity index is 3.07. The summed E-state index contributed by atoms with van der Waals surface area (Å²) < 4.78 is 10.3. The van der Waals surface area contributed by atoms with Gasteiger partial charge in [0, 0.05) is 0 Å². The van der Waals surface area contributed by atoms with E-state index in [9.17, 15) is 0 Å². The van der Waals surface area contributed by atoms with Crippen molar-refractivity contribution >= 4 is 5.84 Å². The van der Waals surface area contributed by atoms with Crippen LogP contribution >= 0.6 is 0 Å². The fourth-order valence-corrected chi connectivity index (χ4v) is 1.20. The van der Waals surface area contributed by atoms with Gasteiger partial charge in [0.15, 0.2) is 5.84 Å². The van der Waals surface area contributed by atoms with Crippen LogP contribution in [0.2, 0.25) is 0 Å². The van der Waals surface area contributed by atoms with Crippen molar-refractivity contribution in [3.63, 3.8) is 0 Å². The zero-order chi connectivity index (χ0) is 12.0. The van der Waals surface area contributed by atoms with Gasteiger partial charge in [-0.15, -0.1) is 0 Å². The quantitative estimate of drug-likeness (QED) is 0.466. The van der Waals surface area contributed by atoms with Crippen LogP contribution in [0.4, 0.5) is 0 Å². The number of rotatable bonds is 5. The third kappa shape index (κ3) is 2.79. The number of nitrogens with zero attached hydrogens (tertiary/aromatic N) is 1. The summed E-state index contributed by atoms with van der Waals surface area (Å²) >= 11 is 0. The van der Waals surface area contributed by atoms with Gasteiger partial charge in [0.1, 0.15) is 18.1 Å². The molecule has 0 aliphatic carbocycles. The molecule has 1 aromatic rings. The highest BCUT2D eigenvalue weighted by atomic mass is 16.6. The average molecular weight is 224 g/mol. The molecule has 0 bridgehead atoms. The second-order valence-electron chi connectivity index (χ2n) is 2.96. The van der Waals surface area contributed by atoms with E-state index >= 15 is 0 Å². The van der Waals surface area contributed by atoms with Crippen molar-refractivity contribution < 1.29 is 14.3 Å². The molecule has 1 aromatic carbocycles. The second kappa shape index (κ2) is 5.85. The fraction of sp³-hybridized carbons (Fsp3) is 0.364. The van der Waals surface area contributed by atoms with Crippen molar-refractivity contribution in [2.45, 2.75) is 6.92 Å². The first kappa shape index (κ1) is 12.2. The van der Waals surface area contributed by atoms with Crippen molar-refractivity contribution in [2.75, 3.05) is 20.8 Å². The third-order valence-electron chi connectivity index (χ3n) is 1.97. The van der Waals surface area contributed by atoms with E-state index < -0.39 is 0 Å². The van der Waals surface area contributed by atoms with Crippen LogP contribution in [0.25, 0.3) is 0 Å². The third-order valence-corrected chi connectivity index (χ3v) is 1.97. The first-order valence-corrected chi connectivity index (χ1v) is 4.90. The van der Waals surface area contributed by atoms with Crippen LogP contribution in [-0.4, -0.2) is 26.7 Å². The van der Waals surface area contributed by atoms with Crippen LogP contribution < -0.4 is 15.2 Å². The highest BCUT2D eigenvalue weighted by Gasteiger charge is 2.09. The molecule has 1 rings (SSSR count). The minimum Gasteiger partial charge on any atom is -0.497 e. The Bertz CT molecular complexity index is 377. The summed E-state index contributed by atoms with van der Waals surface area (Å²) in [6, 6.07) is 5.30. The van der Waals surface area contributed by atoms with E-state index in [1.54, 1.807) is 32.4 Å². The predicted molar refractivity (Wildman–Crippen MR) is 61.9 cm³/mol. The summed E-state index contributed by atoms with van der Waals surface area (Å²) in [5.41, 5.74) is 6.42. The average Bonchev–Trinajstić information content (AvgIpc) is 2.35. The Morgan fingerprint density at radius 1 is 1.31 bits per heavy atom. The molecule has 0 saturated carbocycles. The summed E-state index contributed by atoms with van der Waals surface area (Å²) in [5, 5.41) is 3.76. The van der Waals surface area contributed by atoms with Gasteiger partial charge < -0.3 is 20.0 Å². The number of ether oxygens (including phenoxy) is 2. The maximum atomic E-state index is 5.77. The Labute approximate surface area is 94.8 Å². The Morgan fingerprint density at radius 3 is 2.62 bits per heavy atom. The van der Waals surface area contributed by atoms with Gasteiger partial charge in [-0.2, -0.15) is 0 Å². The summed E-state index contributed by atoms with van der Waals surface area (Å²) in [4.78, 5) is 4.89. The second-order valence-corrected chi connectivity index (χ2v) is 2.96. The van der Waals surface area contributed by atoms with Crippen molar-refractivity contribution in [3.05, 3.63) is 23.8 Å². The highest BCUT2D eigenvalue weighted by molar-refractivity contribution is 6.00. The minimum absolute atomic E-state index is 0.262. The van der Waals surface area contributed by atoms with E-state index in [0.29, 0.717) is 23.7 Å². The van der Waals surface area contributed by atoms with Crippen LogP contribution in [-0.2, 0) is 4.84 Å². The summed E-state index contributed by atoms with van der Waals surface area (Å²) in [6.45, 7) is 2.30. The van der Waals surface area contributed by atoms with E-state index in [4.69, 9.17) is 20.0 Å². The van der Waals surface area contributed by atoms with E-state index in [1.807, 2.05) is 6.92 Å². The molecular formula is C11H16N2O3. The smallest absolute Gasteiger partial charge is 0.174 e. The van der Waals surface area contributed by atoms with Crippen LogP contribution in [0.15, 0.2) is 23.4 Å². The van der Waals surface area contributed by atoms with E-state index in [-0.39, 0.29) is 5.84 Å². The minimum atomic E-state index is 0.262. The number of benzene rings is 1. The number of hydrogen-bond donors (Lipinski definition) is 1. The lowest BCUT2D eigenvalue weighted by molar-refractivity contribution is 0.158.